The molecule has 1 atom stereocenters. The lowest BCUT2D eigenvalue weighted by Crippen LogP contribution is -2.66. The summed E-state index contributed by atoms with van der Waals surface area (Å²) < 4.78 is 60.2. The number of hydrogen-bond donors (Lipinski definition) is 2. The van der Waals surface area contributed by atoms with Gasteiger partial charge >= 0.3 is 12.2 Å². The van der Waals surface area contributed by atoms with E-state index < -0.39 is 28.5 Å². The number of benzene rings is 2. The van der Waals surface area contributed by atoms with Crippen LogP contribution in [0.3, 0.4) is 0 Å². The minimum Gasteiger partial charge on any atom is -0.490 e. The first-order valence-electron chi connectivity index (χ1n) is 13.4. The summed E-state index contributed by atoms with van der Waals surface area (Å²) in [6.07, 6.45) is -0.674. The summed E-state index contributed by atoms with van der Waals surface area (Å²) in [5.74, 6) is -0.415. The van der Waals surface area contributed by atoms with Crippen LogP contribution in [0.1, 0.15) is 68.6 Å². The van der Waals surface area contributed by atoms with Gasteiger partial charge in [0.25, 0.3) is 0 Å². The maximum atomic E-state index is 14.2. The van der Waals surface area contributed by atoms with Crippen LogP contribution < -0.4 is 15.4 Å². The zero-order valence-electron chi connectivity index (χ0n) is 22.0. The molecule has 39 heavy (non-hydrogen) atoms. The molecule has 3 amide bonds. The number of nitrogens with zero attached hydrogens (tertiary/aromatic N) is 1. The third kappa shape index (κ3) is 5.30. The summed E-state index contributed by atoms with van der Waals surface area (Å²) in [5, 5.41) is 5.95. The Morgan fingerprint density at radius 1 is 1.05 bits per heavy atom. The molecule has 210 valence electrons. The fourth-order valence-electron chi connectivity index (χ4n) is 5.91. The molecule has 1 aliphatic carbocycles. The molecule has 2 aromatic carbocycles. The summed E-state index contributed by atoms with van der Waals surface area (Å²) in [5.41, 5.74) is -1.56. The predicted molar refractivity (Wildman–Crippen MR) is 137 cm³/mol. The van der Waals surface area contributed by atoms with Crippen LogP contribution in [0.15, 0.2) is 42.5 Å². The van der Waals surface area contributed by atoms with Gasteiger partial charge in [0, 0.05) is 37.2 Å². The number of ether oxygens (including phenoxy) is 1. The molecular formula is C29H33F4N3O3. The highest BCUT2D eigenvalue weighted by molar-refractivity contribution is 5.87. The Morgan fingerprint density at radius 3 is 2.38 bits per heavy atom. The van der Waals surface area contributed by atoms with Crippen LogP contribution in [-0.4, -0.2) is 48.1 Å². The highest BCUT2D eigenvalue weighted by Gasteiger charge is 2.49. The molecule has 6 nitrogen and oxygen atoms in total. The van der Waals surface area contributed by atoms with Gasteiger partial charge in [-0.2, -0.15) is 13.2 Å². The van der Waals surface area contributed by atoms with Gasteiger partial charge in [0.1, 0.15) is 11.6 Å². The number of nitrogens with one attached hydrogen (secondary N) is 2. The summed E-state index contributed by atoms with van der Waals surface area (Å²) in [4.78, 5) is 27.7. The highest BCUT2D eigenvalue weighted by Crippen LogP contribution is 2.43. The Hall–Kier alpha value is -3.30. The lowest BCUT2D eigenvalue weighted by atomic mass is 9.71. The summed E-state index contributed by atoms with van der Waals surface area (Å²) >= 11 is 0. The molecule has 3 aliphatic rings. The number of alkyl halides is 3. The van der Waals surface area contributed by atoms with Crippen LogP contribution in [-0.2, 0) is 16.4 Å². The molecule has 2 heterocycles. The van der Waals surface area contributed by atoms with Crippen molar-refractivity contribution >= 4 is 11.9 Å². The van der Waals surface area contributed by atoms with E-state index in [2.05, 4.69) is 10.6 Å². The Bertz CT molecular complexity index is 1250. The van der Waals surface area contributed by atoms with Crippen molar-refractivity contribution in [2.75, 3.05) is 19.6 Å². The van der Waals surface area contributed by atoms with Crippen LogP contribution >= 0.6 is 0 Å². The molecular weight excluding hydrogens is 514 g/mol. The van der Waals surface area contributed by atoms with Gasteiger partial charge in [-0.1, -0.05) is 24.3 Å². The third-order valence-corrected chi connectivity index (χ3v) is 8.58. The van der Waals surface area contributed by atoms with Crippen molar-refractivity contribution in [3.05, 3.63) is 65.0 Å². The largest absolute Gasteiger partial charge is 0.490 e. The fraction of sp³-hybridized carbons (Fsp3) is 0.517. The topological polar surface area (TPSA) is 70.7 Å². The number of piperidine rings is 1. The SMILES string of the molecule is CC(C)(C(=O)N1CCC2(CC1)NC(=O)NC[C@H]2c1ccc(F)cc1OC1CCC1)c1cccc(C(F)(F)F)c1. The second-order valence-corrected chi connectivity index (χ2v) is 11.4. The molecule has 5 rings (SSSR count). The first-order chi connectivity index (χ1) is 18.4. The molecule has 10 heteroatoms. The van der Waals surface area contributed by atoms with Gasteiger partial charge in [0.05, 0.1) is 22.6 Å². The second kappa shape index (κ2) is 10.0. The lowest BCUT2D eigenvalue weighted by molar-refractivity contribution is -0.140. The van der Waals surface area contributed by atoms with E-state index in [1.807, 2.05) is 0 Å². The molecule has 2 aliphatic heterocycles. The van der Waals surface area contributed by atoms with E-state index in [0.717, 1.165) is 37.0 Å². The molecule has 0 unspecified atom stereocenters. The number of halogens is 4. The summed E-state index contributed by atoms with van der Waals surface area (Å²) in [6, 6.07) is 9.08. The van der Waals surface area contributed by atoms with Crippen LogP contribution in [0.5, 0.6) is 5.75 Å². The van der Waals surface area contributed by atoms with Gasteiger partial charge in [-0.25, -0.2) is 9.18 Å². The van der Waals surface area contributed by atoms with Gasteiger partial charge < -0.3 is 20.3 Å². The van der Waals surface area contributed by atoms with Crippen LogP contribution in [0.4, 0.5) is 22.4 Å². The van der Waals surface area contributed by atoms with Crippen molar-refractivity contribution < 1.29 is 31.9 Å². The summed E-state index contributed by atoms with van der Waals surface area (Å²) in [7, 11) is 0. The van der Waals surface area contributed by atoms with Gasteiger partial charge in [-0.3, -0.25) is 4.79 Å². The molecule has 2 saturated heterocycles. The predicted octanol–water partition coefficient (Wildman–Crippen LogP) is 5.51. The van der Waals surface area contributed by atoms with Crippen molar-refractivity contribution in [2.24, 2.45) is 0 Å². The van der Waals surface area contributed by atoms with E-state index in [4.69, 9.17) is 4.74 Å². The lowest BCUT2D eigenvalue weighted by Gasteiger charge is -2.50. The number of likely N-dealkylation sites (tertiary alicyclic amines) is 1. The smallest absolute Gasteiger partial charge is 0.416 e. The second-order valence-electron chi connectivity index (χ2n) is 11.4. The first-order valence-corrected chi connectivity index (χ1v) is 13.4. The molecule has 3 fully saturated rings. The van der Waals surface area contributed by atoms with Crippen molar-refractivity contribution in [2.45, 2.75) is 75.1 Å². The minimum atomic E-state index is -4.50. The van der Waals surface area contributed by atoms with E-state index in [0.29, 0.717) is 43.8 Å². The zero-order chi connectivity index (χ0) is 28.0. The molecule has 1 saturated carbocycles. The third-order valence-electron chi connectivity index (χ3n) is 8.58. The molecule has 0 radical (unpaired) electrons. The van der Waals surface area contributed by atoms with Crippen molar-refractivity contribution in [1.82, 2.24) is 15.5 Å². The van der Waals surface area contributed by atoms with Gasteiger partial charge in [-0.15, -0.1) is 0 Å². The molecule has 0 bridgehead atoms. The number of amides is 3. The Morgan fingerprint density at radius 2 is 1.74 bits per heavy atom. The standard InChI is InChI=1S/C29H33F4N3O3/c1-27(2,18-5-3-6-19(15-18)29(31,32)33)25(37)36-13-11-28(12-14-36)23(17-34-26(38)35-28)22-10-9-20(30)16-24(22)39-21-7-4-8-21/h3,5-6,9-10,15-16,21,23H,4,7-8,11-14,17H2,1-2H3,(H2,34,35,38)/t23-/m0/s1. The van der Waals surface area contributed by atoms with Crippen molar-refractivity contribution in [3.8, 4) is 5.75 Å². The first kappa shape index (κ1) is 27.3. The van der Waals surface area contributed by atoms with E-state index in [1.165, 1.54) is 18.2 Å². The normalized spacial score (nSPS) is 21.6. The van der Waals surface area contributed by atoms with Crippen LogP contribution in [0.25, 0.3) is 0 Å². The number of rotatable bonds is 5. The van der Waals surface area contributed by atoms with Crippen molar-refractivity contribution in [1.29, 1.82) is 0 Å². The maximum absolute atomic E-state index is 14.2. The van der Waals surface area contributed by atoms with E-state index in [-0.39, 0.29) is 24.0 Å². The molecule has 2 N–H and O–H groups in total. The average Bonchev–Trinajstić information content (AvgIpc) is 2.86. The zero-order valence-corrected chi connectivity index (χ0v) is 22.0. The maximum Gasteiger partial charge on any atom is 0.416 e. The quantitative estimate of drug-likeness (QED) is 0.485. The van der Waals surface area contributed by atoms with E-state index in [9.17, 15) is 27.2 Å². The van der Waals surface area contributed by atoms with Crippen LogP contribution in [0.2, 0.25) is 0 Å². The van der Waals surface area contributed by atoms with Crippen LogP contribution in [0, 0.1) is 5.82 Å². The van der Waals surface area contributed by atoms with Gasteiger partial charge in [0.15, 0.2) is 0 Å². The highest BCUT2D eigenvalue weighted by atomic mass is 19.4. The average molecular weight is 548 g/mol. The number of carbonyl (C=O) groups is 2. The molecule has 2 aromatic rings. The molecule has 0 aromatic heterocycles. The Balaban J connectivity index is 1.37. The van der Waals surface area contributed by atoms with E-state index >= 15 is 0 Å². The van der Waals surface area contributed by atoms with Gasteiger partial charge in [-0.05, 0) is 63.6 Å². The van der Waals surface area contributed by atoms with Crippen molar-refractivity contribution in [3.63, 3.8) is 0 Å². The minimum absolute atomic E-state index is 0.0465. The van der Waals surface area contributed by atoms with Gasteiger partial charge in [0.2, 0.25) is 5.91 Å². The fourth-order valence-corrected chi connectivity index (χ4v) is 5.91. The Labute approximate surface area is 225 Å². The number of carbonyl (C=O) groups excluding carboxylic acids is 2. The summed E-state index contributed by atoms with van der Waals surface area (Å²) in [6.45, 7) is 4.23. The number of urea groups is 1. The van der Waals surface area contributed by atoms with E-state index in [1.54, 1.807) is 30.9 Å². The Kier molecular flexibility index (Phi) is 7.01. The monoisotopic (exact) mass is 547 g/mol. The molecule has 1 spiro atoms. The number of hydrogen-bond acceptors (Lipinski definition) is 3.